The molecule has 0 saturated carbocycles. The third-order valence-electron chi connectivity index (χ3n) is 3.43. The minimum Gasteiger partial charge on any atom is -0.348 e. The monoisotopic (exact) mass is 260 g/mol. The number of nitrogens with zero attached hydrogens (tertiary/aromatic N) is 1. The molecule has 1 aliphatic heterocycles. The minimum atomic E-state index is -0.0911. The van der Waals surface area contributed by atoms with Gasteiger partial charge < -0.3 is 10.2 Å². The van der Waals surface area contributed by atoms with E-state index in [1.807, 2.05) is 37.3 Å². The fourth-order valence-corrected chi connectivity index (χ4v) is 2.31. The molecule has 1 atom stereocenters. The van der Waals surface area contributed by atoms with Crippen LogP contribution in [0, 0.1) is 0 Å². The molecule has 1 aliphatic rings. The van der Waals surface area contributed by atoms with Crippen LogP contribution in [-0.2, 0) is 9.59 Å². The molecule has 1 N–H and O–H groups in total. The SMILES string of the molecule is CC(NC(=O)CN1CCCCC1=O)c1ccccc1. The third kappa shape index (κ3) is 3.81. The van der Waals surface area contributed by atoms with Gasteiger partial charge in [0.1, 0.15) is 0 Å². The van der Waals surface area contributed by atoms with Gasteiger partial charge in [-0.1, -0.05) is 30.3 Å². The summed E-state index contributed by atoms with van der Waals surface area (Å²) in [6.45, 7) is 2.83. The molecule has 4 nitrogen and oxygen atoms in total. The van der Waals surface area contributed by atoms with Crippen LogP contribution in [0.15, 0.2) is 30.3 Å². The number of nitrogens with one attached hydrogen (secondary N) is 1. The Kier molecular flexibility index (Phi) is 4.55. The summed E-state index contributed by atoms with van der Waals surface area (Å²) in [6, 6.07) is 9.78. The van der Waals surface area contributed by atoms with Crippen LogP contribution < -0.4 is 5.32 Å². The number of benzene rings is 1. The average molecular weight is 260 g/mol. The molecule has 0 aliphatic carbocycles. The topological polar surface area (TPSA) is 49.4 Å². The van der Waals surface area contributed by atoms with Gasteiger partial charge in [0, 0.05) is 13.0 Å². The van der Waals surface area contributed by atoms with Crippen molar-refractivity contribution in [1.82, 2.24) is 10.2 Å². The van der Waals surface area contributed by atoms with Gasteiger partial charge in [0.25, 0.3) is 0 Å². The van der Waals surface area contributed by atoms with Gasteiger partial charge in [0.15, 0.2) is 0 Å². The zero-order valence-electron chi connectivity index (χ0n) is 11.3. The fraction of sp³-hybridized carbons (Fsp3) is 0.467. The lowest BCUT2D eigenvalue weighted by Gasteiger charge is -2.26. The van der Waals surface area contributed by atoms with Gasteiger partial charge in [-0.05, 0) is 25.3 Å². The van der Waals surface area contributed by atoms with Gasteiger partial charge in [-0.3, -0.25) is 9.59 Å². The lowest BCUT2D eigenvalue weighted by molar-refractivity contribution is -0.138. The van der Waals surface area contributed by atoms with Gasteiger partial charge in [0.2, 0.25) is 11.8 Å². The maximum Gasteiger partial charge on any atom is 0.240 e. The van der Waals surface area contributed by atoms with Gasteiger partial charge in [-0.25, -0.2) is 0 Å². The highest BCUT2D eigenvalue weighted by Gasteiger charge is 2.21. The second kappa shape index (κ2) is 6.36. The summed E-state index contributed by atoms with van der Waals surface area (Å²) in [5.41, 5.74) is 1.07. The highest BCUT2D eigenvalue weighted by atomic mass is 16.2. The molecule has 1 aromatic carbocycles. The molecule has 0 spiro atoms. The van der Waals surface area contributed by atoms with Crippen LogP contribution in [0.25, 0.3) is 0 Å². The van der Waals surface area contributed by atoms with Crippen molar-refractivity contribution >= 4 is 11.8 Å². The lowest BCUT2D eigenvalue weighted by atomic mass is 10.1. The molecule has 1 aromatic rings. The van der Waals surface area contributed by atoms with Crippen molar-refractivity contribution in [2.75, 3.05) is 13.1 Å². The minimum absolute atomic E-state index is 0.0337. The normalized spacial score (nSPS) is 17.1. The van der Waals surface area contributed by atoms with E-state index in [2.05, 4.69) is 5.32 Å². The predicted octanol–water partition coefficient (Wildman–Crippen LogP) is 1.88. The summed E-state index contributed by atoms with van der Waals surface area (Å²) in [7, 11) is 0. The van der Waals surface area contributed by atoms with Gasteiger partial charge >= 0.3 is 0 Å². The summed E-state index contributed by atoms with van der Waals surface area (Å²) < 4.78 is 0. The Labute approximate surface area is 113 Å². The number of rotatable bonds is 4. The molecule has 19 heavy (non-hydrogen) atoms. The van der Waals surface area contributed by atoms with Crippen molar-refractivity contribution in [2.24, 2.45) is 0 Å². The Bertz CT molecular complexity index is 445. The van der Waals surface area contributed by atoms with Crippen LogP contribution in [0.4, 0.5) is 0 Å². The first-order valence-corrected chi connectivity index (χ1v) is 6.79. The number of amides is 2. The van der Waals surface area contributed by atoms with E-state index < -0.39 is 0 Å². The number of carbonyl (C=O) groups excluding carboxylic acids is 2. The zero-order valence-corrected chi connectivity index (χ0v) is 11.3. The maximum atomic E-state index is 11.9. The molecular formula is C15H20N2O2. The Morgan fingerprint density at radius 3 is 2.74 bits per heavy atom. The molecule has 0 radical (unpaired) electrons. The van der Waals surface area contributed by atoms with E-state index in [1.54, 1.807) is 4.90 Å². The average Bonchev–Trinajstić information content (AvgIpc) is 2.42. The van der Waals surface area contributed by atoms with Crippen LogP contribution >= 0.6 is 0 Å². The lowest BCUT2D eigenvalue weighted by Crippen LogP contribution is -2.43. The summed E-state index contributed by atoms with van der Waals surface area (Å²) in [5, 5.41) is 2.93. The van der Waals surface area contributed by atoms with Crippen molar-refractivity contribution in [3.63, 3.8) is 0 Å². The number of hydrogen-bond donors (Lipinski definition) is 1. The van der Waals surface area contributed by atoms with Crippen LogP contribution in [0.2, 0.25) is 0 Å². The first-order chi connectivity index (χ1) is 9.16. The highest BCUT2D eigenvalue weighted by Crippen LogP contribution is 2.12. The van der Waals surface area contributed by atoms with E-state index in [0.29, 0.717) is 13.0 Å². The molecule has 0 bridgehead atoms. The van der Waals surface area contributed by atoms with Crippen molar-refractivity contribution in [1.29, 1.82) is 0 Å². The smallest absolute Gasteiger partial charge is 0.240 e. The van der Waals surface area contributed by atoms with Gasteiger partial charge in [-0.15, -0.1) is 0 Å². The molecule has 0 aromatic heterocycles. The molecule has 1 heterocycles. The molecule has 2 amide bonds. The second-order valence-electron chi connectivity index (χ2n) is 4.97. The van der Waals surface area contributed by atoms with E-state index in [0.717, 1.165) is 18.4 Å². The Morgan fingerprint density at radius 1 is 1.32 bits per heavy atom. The van der Waals surface area contributed by atoms with Crippen molar-refractivity contribution in [2.45, 2.75) is 32.2 Å². The van der Waals surface area contributed by atoms with E-state index in [1.165, 1.54) is 0 Å². The van der Waals surface area contributed by atoms with Crippen molar-refractivity contribution in [3.05, 3.63) is 35.9 Å². The largest absolute Gasteiger partial charge is 0.348 e. The van der Waals surface area contributed by atoms with Crippen molar-refractivity contribution < 1.29 is 9.59 Å². The van der Waals surface area contributed by atoms with Crippen molar-refractivity contribution in [3.8, 4) is 0 Å². The first-order valence-electron chi connectivity index (χ1n) is 6.79. The Balaban J connectivity index is 1.85. The Hall–Kier alpha value is -1.84. The molecule has 1 saturated heterocycles. The van der Waals surface area contributed by atoms with E-state index in [-0.39, 0.29) is 24.4 Å². The van der Waals surface area contributed by atoms with E-state index in [9.17, 15) is 9.59 Å². The second-order valence-corrected chi connectivity index (χ2v) is 4.97. The van der Waals surface area contributed by atoms with E-state index in [4.69, 9.17) is 0 Å². The Morgan fingerprint density at radius 2 is 2.05 bits per heavy atom. The molecular weight excluding hydrogens is 240 g/mol. The van der Waals surface area contributed by atoms with Gasteiger partial charge in [-0.2, -0.15) is 0 Å². The summed E-state index contributed by atoms with van der Waals surface area (Å²) >= 11 is 0. The van der Waals surface area contributed by atoms with Crippen LogP contribution in [0.1, 0.15) is 37.8 Å². The summed E-state index contributed by atoms with van der Waals surface area (Å²) in [6.07, 6.45) is 2.51. The summed E-state index contributed by atoms with van der Waals surface area (Å²) in [4.78, 5) is 25.2. The molecule has 2 rings (SSSR count). The maximum absolute atomic E-state index is 11.9. The predicted molar refractivity (Wildman–Crippen MR) is 73.4 cm³/mol. The summed E-state index contributed by atoms with van der Waals surface area (Å²) in [5.74, 6) is 0.000340. The standard InChI is InChI=1S/C15H20N2O2/c1-12(13-7-3-2-4-8-13)16-14(18)11-17-10-6-5-9-15(17)19/h2-4,7-8,12H,5-6,9-11H2,1H3,(H,16,18). The molecule has 1 fully saturated rings. The highest BCUT2D eigenvalue weighted by molar-refractivity contribution is 5.85. The number of piperidine rings is 1. The number of hydrogen-bond acceptors (Lipinski definition) is 2. The van der Waals surface area contributed by atoms with Crippen LogP contribution in [0.3, 0.4) is 0 Å². The molecule has 4 heteroatoms. The number of carbonyl (C=O) groups is 2. The quantitative estimate of drug-likeness (QED) is 0.898. The van der Waals surface area contributed by atoms with Crippen LogP contribution in [0.5, 0.6) is 0 Å². The molecule has 102 valence electrons. The molecule has 1 unspecified atom stereocenters. The zero-order chi connectivity index (χ0) is 13.7. The van der Waals surface area contributed by atoms with Gasteiger partial charge in [0.05, 0.1) is 12.6 Å². The van der Waals surface area contributed by atoms with E-state index >= 15 is 0 Å². The fourth-order valence-electron chi connectivity index (χ4n) is 2.31. The third-order valence-corrected chi connectivity index (χ3v) is 3.43. The van der Waals surface area contributed by atoms with Crippen LogP contribution in [-0.4, -0.2) is 29.8 Å². The first kappa shape index (κ1) is 13.6. The number of likely N-dealkylation sites (tertiary alicyclic amines) is 1.